The Balaban J connectivity index is 0.00000200. The quantitative estimate of drug-likeness (QED) is 0.890. The van der Waals surface area contributed by atoms with Crippen molar-refractivity contribution in [2.75, 3.05) is 11.9 Å². The molecule has 0 unspecified atom stereocenters. The number of hydrogen-bond donors (Lipinski definition) is 2. The number of anilines is 1. The van der Waals surface area contributed by atoms with Crippen molar-refractivity contribution in [3.05, 3.63) is 47.3 Å². The number of aromatic nitrogens is 1. The third kappa shape index (κ3) is 4.08. The number of hydrogen-bond acceptors (Lipinski definition) is 4. The van der Waals surface area contributed by atoms with Gasteiger partial charge in [-0.15, -0.1) is 12.4 Å². The van der Waals surface area contributed by atoms with Gasteiger partial charge in [0.15, 0.2) is 0 Å². The summed E-state index contributed by atoms with van der Waals surface area (Å²) in [5.74, 6) is -0.0692. The van der Waals surface area contributed by atoms with E-state index in [9.17, 15) is 4.79 Å². The third-order valence-corrected chi connectivity index (χ3v) is 2.68. The minimum absolute atomic E-state index is 0. The van der Waals surface area contributed by atoms with E-state index in [1.165, 1.54) is 0 Å². The Morgan fingerprint density at radius 2 is 2.10 bits per heavy atom. The number of nitrogens with one attached hydrogen (secondary N) is 2. The normalized spacial score (nSPS) is 9.90. The first kappa shape index (κ1) is 16.2. The van der Waals surface area contributed by atoms with Crippen LogP contribution < -0.4 is 10.6 Å². The fourth-order valence-electron chi connectivity index (χ4n) is 1.71. The monoisotopic (exact) mass is 295 g/mol. The summed E-state index contributed by atoms with van der Waals surface area (Å²) < 4.78 is 4.94. The van der Waals surface area contributed by atoms with Crippen LogP contribution in [-0.4, -0.2) is 17.6 Å². The Kier molecular flexibility index (Phi) is 6.21. The third-order valence-electron chi connectivity index (χ3n) is 2.68. The number of nitrogens with zero attached hydrogens (tertiary/aromatic N) is 1. The van der Waals surface area contributed by atoms with Gasteiger partial charge in [0.05, 0.1) is 5.69 Å². The highest BCUT2D eigenvalue weighted by molar-refractivity contribution is 6.02. The molecule has 1 amide bonds. The Morgan fingerprint density at radius 1 is 1.35 bits per heavy atom. The number of amides is 1. The van der Waals surface area contributed by atoms with E-state index < -0.39 is 0 Å². The molecule has 1 heterocycles. The van der Waals surface area contributed by atoms with Crippen LogP contribution in [0.15, 0.2) is 34.9 Å². The molecule has 0 spiro atoms. The lowest BCUT2D eigenvalue weighted by atomic mass is 10.1. The van der Waals surface area contributed by atoms with E-state index in [1.807, 2.05) is 31.2 Å². The van der Waals surface area contributed by atoms with Crippen LogP contribution in [0.3, 0.4) is 0 Å². The van der Waals surface area contributed by atoms with Gasteiger partial charge in [-0.1, -0.05) is 30.3 Å². The largest absolute Gasteiger partial charge is 0.351 e. The molecular weight excluding hydrogens is 278 g/mol. The van der Waals surface area contributed by atoms with Crippen LogP contribution >= 0.6 is 12.4 Å². The zero-order valence-corrected chi connectivity index (χ0v) is 12.3. The zero-order valence-electron chi connectivity index (χ0n) is 11.5. The van der Waals surface area contributed by atoms with Crippen molar-refractivity contribution in [1.29, 1.82) is 0 Å². The molecule has 1 aromatic heterocycles. The lowest BCUT2D eigenvalue weighted by molar-refractivity contribution is 0.0988. The first-order chi connectivity index (χ1) is 9.20. The summed E-state index contributed by atoms with van der Waals surface area (Å²) in [4.78, 5) is 12.0. The van der Waals surface area contributed by atoms with Gasteiger partial charge in [0, 0.05) is 18.3 Å². The summed E-state index contributed by atoms with van der Waals surface area (Å²) in [6.45, 7) is 5.41. The molecular formula is C14H18ClN3O2. The standard InChI is InChI=1S/C14H17N3O2.ClH/c1-3-15-9-11-6-4-5-7-12(11)16-14(18)13-8-10(2)17-19-13;/h4-8,15H,3,9H2,1-2H3,(H,16,18);1H. The maximum Gasteiger partial charge on any atom is 0.294 e. The summed E-state index contributed by atoms with van der Waals surface area (Å²) in [6.07, 6.45) is 0. The van der Waals surface area contributed by atoms with Crippen LogP contribution in [0.1, 0.15) is 28.7 Å². The molecule has 1 aromatic carbocycles. The van der Waals surface area contributed by atoms with Gasteiger partial charge in [-0.25, -0.2) is 0 Å². The van der Waals surface area contributed by atoms with Gasteiger partial charge < -0.3 is 15.2 Å². The van der Waals surface area contributed by atoms with E-state index in [1.54, 1.807) is 13.0 Å². The molecule has 0 aliphatic rings. The lowest BCUT2D eigenvalue weighted by Crippen LogP contribution is -2.16. The van der Waals surface area contributed by atoms with Crippen LogP contribution in [0.5, 0.6) is 0 Å². The summed E-state index contributed by atoms with van der Waals surface area (Å²) in [6, 6.07) is 9.29. The molecule has 20 heavy (non-hydrogen) atoms. The molecule has 0 aliphatic heterocycles. The molecule has 0 bridgehead atoms. The molecule has 5 nitrogen and oxygen atoms in total. The van der Waals surface area contributed by atoms with Gasteiger partial charge in [-0.05, 0) is 25.1 Å². The Labute approximate surface area is 124 Å². The smallest absolute Gasteiger partial charge is 0.294 e. The number of carbonyl (C=O) groups is 1. The van der Waals surface area contributed by atoms with Gasteiger partial charge in [0.1, 0.15) is 0 Å². The Bertz CT molecular complexity index is 569. The average molecular weight is 296 g/mol. The van der Waals surface area contributed by atoms with Crippen LogP contribution in [0, 0.1) is 6.92 Å². The van der Waals surface area contributed by atoms with Crippen LogP contribution in [0.25, 0.3) is 0 Å². The van der Waals surface area contributed by atoms with E-state index in [2.05, 4.69) is 15.8 Å². The molecule has 0 aliphatic carbocycles. The minimum Gasteiger partial charge on any atom is -0.351 e. The van der Waals surface area contributed by atoms with E-state index in [-0.39, 0.29) is 24.1 Å². The first-order valence-electron chi connectivity index (χ1n) is 6.24. The fourth-order valence-corrected chi connectivity index (χ4v) is 1.71. The van der Waals surface area contributed by atoms with Crippen molar-refractivity contribution in [3.63, 3.8) is 0 Å². The van der Waals surface area contributed by atoms with Crippen LogP contribution in [-0.2, 0) is 6.54 Å². The number of halogens is 1. The molecule has 0 saturated carbocycles. The molecule has 6 heteroatoms. The predicted octanol–water partition coefficient (Wildman–Crippen LogP) is 2.77. The minimum atomic E-state index is -0.287. The summed E-state index contributed by atoms with van der Waals surface area (Å²) in [7, 11) is 0. The molecule has 108 valence electrons. The molecule has 0 atom stereocenters. The maximum atomic E-state index is 12.0. The van der Waals surface area contributed by atoms with Crippen molar-refractivity contribution in [2.45, 2.75) is 20.4 Å². The SMILES string of the molecule is CCNCc1ccccc1NC(=O)c1cc(C)no1.Cl. The van der Waals surface area contributed by atoms with Crippen molar-refractivity contribution >= 4 is 24.0 Å². The van der Waals surface area contributed by atoms with E-state index >= 15 is 0 Å². The van der Waals surface area contributed by atoms with E-state index in [4.69, 9.17) is 4.52 Å². The van der Waals surface area contributed by atoms with Crippen molar-refractivity contribution in [1.82, 2.24) is 10.5 Å². The van der Waals surface area contributed by atoms with E-state index in [0.29, 0.717) is 12.2 Å². The highest BCUT2D eigenvalue weighted by atomic mass is 35.5. The number of aryl methyl sites for hydroxylation is 1. The highest BCUT2D eigenvalue weighted by Crippen LogP contribution is 2.16. The topological polar surface area (TPSA) is 67.2 Å². The second kappa shape index (κ2) is 7.67. The molecule has 0 saturated heterocycles. The van der Waals surface area contributed by atoms with Crippen LogP contribution in [0.2, 0.25) is 0 Å². The van der Waals surface area contributed by atoms with Gasteiger partial charge in [-0.2, -0.15) is 0 Å². The second-order valence-corrected chi connectivity index (χ2v) is 4.22. The van der Waals surface area contributed by atoms with Crippen molar-refractivity contribution in [2.24, 2.45) is 0 Å². The van der Waals surface area contributed by atoms with E-state index in [0.717, 1.165) is 17.8 Å². The maximum absolute atomic E-state index is 12.0. The summed E-state index contributed by atoms with van der Waals surface area (Å²) in [5.41, 5.74) is 2.50. The number of carbonyl (C=O) groups excluding carboxylic acids is 1. The van der Waals surface area contributed by atoms with Gasteiger partial charge in [0.25, 0.3) is 5.91 Å². The van der Waals surface area contributed by atoms with Gasteiger partial charge >= 0.3 is 0 Å². The zero-order chi connectivity index (χ0) is 13.7. The number of para-hydroxylation sites is 1. The van der Waals surface area contributed by atoms with Gasteiger partial charge in [-0.3, -0.25) is 4.79 Å². The van der Waals surface area contributed by atoms with Crippen molar-refractivity contribution < 1.29 is 9.32 Å². The molecule has 2 rings (SSSR count). The van der Waals surface area contributed by atoms with Crippen molar-refractivity contribution in [3.8, 4) is 0 Å². The highest BCUT2D eigenvalue weighted by Gasteiger charge is 2.13. The predicted molar refractivity (Wildman–Crippen MR) is 80.3 cm³/mol. The molecule has 2 aromatic rings. The molecule has 0 radical (unpaired) electrons. The average Bonchev–Trinajstić information content (AvgIpc) is 2.84. The summed E-state index contributed by atoms with van der Waals surface area (Å²) >= 11 is 0. The molecule has 0 fully saturated rings. The second-order valence-electron chi connectivity index (χ2n) is 4.22. The number of rotatable bonds is 5. The summed E-state index contributed by atoms with van der Waals surface area (Å²) in [5, 5.41) is 9.77. The Morgan fingerprint density at radius 3 is 2.75 bits per heavy atom. The fraction of sp³-hybridized carbons (Fsp3) is 0.286. The lowest BCUT2D eigenvalue weighted by Gasteiger charge is -2.10. The van der Waals surface area contributed by atoms with Gasteiger partial charge in [0.2, 0.25) is 5.76 Å². The first-order valence-corrected chi connectivity index (χ1v) is 6.24. The molecule has 2 N–H and O–H groups in total. The number of benzene rings is 1. The van der Waals surface area contributed by atoms with Crippen LogP contribution in [0.4, 0.5) is 5.69 Å². The Hall–Kier alpha value is -1.85.